The number of amides is 1. The number of nitrogens with zero attached hydrogens (tertiary/aromatic N) is 2. The van der Waals surface area contributed by atoms with Crippen LogP contribution in [0.5, 0.6) is 0 Å². The molecule has 0 saturated carbocycles. The van der Waals surface area contributed by atoms with Crippen LogP contribution >= 0.6 is 0 Å². The summed E-state index contributed by atoms with van der Waals surface area (Å²) in [5.41, 5.74) is 0.681. The van der Waals surface area contributed by atoms with E-state index in [4.69, 9.17) is 4.74 Å². The first-order valence-electron chi connectivity index (χ1n) is 9.54. The van der Waals surface area contributed by atoms with Crippen LogP contribution in [-0.2, 0) is 20.7 Å². The fourth-order valence-corrected chi connectivity index (χ4v) is 3.21. The highest BCUT2D eigenvalue weighted by Gasteiger charge is 2.28. The monoisotopic (exact) mass is 393 g/mol. The molecule has 29 heavy (non-hydrogen) atoms. The second kappa shape index (κ2) is 9.14. The number of rotatable bonds is 7. The van der Waals surface area contributed by atoms with Crippen molar-refractivity contribution < 1.29 is 14.3 Å². The number of aromatic amines is 1. The minimum absolute atomic E-state index is 0.161. The van der Waals surface area contributed by atoms with Gasteiger partial charge in [-0.25, -0.2) is 5.10 Å². The van der Waals surface area contributed by atoms with Crippen LogP contribution in [0.2, 0.25) is 0 Å². The van der Waals surface area contributed by atoms with Crippen LogP contribution in [0.4, 0.5) is 0 Å². The fraction of sp³-hybridized carbons (Fsp3) is 0.273. The molecule has 0 spiro atoms. The molecular formula is C22H23N3O4. The minimum atomic E-state index is -1.03. The van der Waals surface area contributed by atoms with Gasteiger partial charge >= 0.3 is 5.97 Å². The number of carbonyl (C=O) groups excluding carboxylic acids is 2. The molecule has 1 atom stereocenters. The Kier molecular flexibility index (Phi) is 6.39. The first-order chi connectivity index (χ1) is 14.0. The number of hydrogen-bond acceptors (Lipinski definition) is 5. The smallest absolute Gasteiger partial charge is 0.313 e. The van der Waals surface area contributed by atoms with Crippen molar-refractivity contribution >= 4 is 22.6 Å². The van der Waals surface area contributed by atoms with Gasteiger partial charge in [-0.05, 0) is 19.9 Å². The summed E-state index contributed by atoms with van der Waals surface area (Å²) in [5, 5.41) is 7.44. The van der Waals surface area contributed by atoms with Crippen LogP contribution in [0.1, 0.15) is 31.2 Å². The Balaban J connectivity index is 1.87. The average molecular weight is 393 g/mol. The summed E-state index contributed by atoms with van der Waals surface area (Å²) in [5.74, 6) is -0.863. The summed E-state index contributed by atoms with van der Waals surface area (Å²) >= 11 is 0. The lowest BCUT2D eigenvalue weighted by Crippen LogP contribution is -2.37. The highest BCUT2D eigenvalue weighted by Crippen LogP contribution is 2.22. The quantitative estimate of drug-likeness (QED) is 0.623. The standard InChI is InChI=1S/C22H23N3O4/c1-3-25(4-2)22(28)20(15-10-6-5-7-11-15)29-19(26)14-18-16-12-8-9-13-17(16)21(27)24-23-18/h5-13,20H,3-4,14H2,1-2H3,(H,24,27)/t20-/m1/s1. The molecule has 7 nitrogen and oxygen atoms in total. The first kappa shape index (κ1) is 20.3. The first-order valence-corrected chi connectivity index (χ1v) is 9.54. The van der Waals surface area contributed by atoms with Crippen LogP contribution in [0.3, 0.4) is 0 Å². The summed E-state index contributed by atoms with van der Waals surface area (Å²) in [6.45, 7) is 4.79. The van der Waals surface area contributed by atoms with Crippen molar-refractivity contribution in [1.29, 1.82) is 0 Å². The van der Waals surface area contributed by atoms with Gasteiger partial charge in [-0.3, -0.25) is 14.4 Å². The Bertz CT molecular complexity index is 1060. The van der Waals surface area contributed by atoms with E-state index in [9.17, 15) is 14.4 Å². The lowest BCUT2D eigenvalue weighted by atomic mass is 10.1. The van der Waals surface area contributed by atoms with E-state index in [1.54, 1.807) is 53.4 Å². The molecule has 0 aliphatic rings. The summed E-state index contributed by atoms with van der Waals surface area (Å²) in [4.78, 5) is 39.2. The minimum Gasteiger partial charge on any atom is -0.447 e. The number of H-pyrrole nitrogens is 1. The lowest BCUT2D eigenvalue weighted by Gasteiger charge is -2.25. The van der Waals surface area contributed by atoms with Crippen LogP contribution in [0, 0.1) is 0 Å². The van der Waals surface area contributed by atoms with Crippen LogP contribution in [0.15, 0.2) is 59.4 Å². The summed E-state index contributed by atoms with van der Waals surface area (Å²) < 4.78 is 5.60. The predicted octanol–water partition coefficient (Wildman–Crippen LogP) is 2.62. The highest BCUT2D eigenvalue weighted by molar-refractivity contribution is 5.88. The number of nitrogens with one attached hydrogen (secondary N) is 1. The maximum atomic E-state index is 12.9. The van der Waals surface area contributed by atoms with Gasteiger partial charge in [-0.2, -0.15) is 5.10 Å². The van der Waals surface area contributed by atoms with Crippen LogP contribution in [0.25, 0.3) is 10.8 Å². The molecule has 1 amide bonds. The van der Waals surface area contributed by atoms with Crippen LogP contribution in [-0.4, -0.2) is 40.1 Å². The van der Waals surface area contributed by atoms with E-state index < -0.39 is 12.1 Å². The number of aromatic nitrogens is 2. The largest absolute Gasteiger partial charge is 0.447 e. The molecule has 1 aromatic heterocycles. The summed E-state index contributed by atoms with van der Waals surface area (Å²) in [6.07, 6.45) is -1.19. The summed E-state index contributed by atoms with van der Waals surface area (Å²) in [7, 11) is 0. The molecule has 3 rings (SSSR count). The molecule has 1 N–H and O–H groups in total. The van der Waals surface area contributed by atoms with Crippen molar-refractivity contribution in [2.24, 2.45) is 0 Å². The van der Waals surface area contributed by atoms with Gasteiger partial charge < -0.3 is 9.64 Å². The number of carbonyl (C=O) groups is 2. The topological polar surface area (TPSA) is 92.4 Å². The van der Waals surface area contributed by atoms with E-state index >= 15 is 0 Å². The third-order valence-electron chi connectivity index (χ3n) is 4.74. The normalized spacial score (nSPS) is 11.8. The molecule has 0 saturated heterocycles. The molecule has 0 unspecified atom stereocenters. The molecular weight excluding hydrogens is 370 g/mol. The molecule has 0 bridgehead atoms. The molecule has 0 aliphatic heterocycles. The molecule has 0 fully saturated rings. The van der Waals surface area contributed by atoms with Gasteiger partial charge in [0.05, 0.1) is 17.5 Å². The molecule has 3 aromatic rings. The zero-order valence-electron chi connectivity index (χ0n) is 16.4. The Hall–Kier alpha value is -3.48. The van der Waals surface area contributed by atoms with E-state index in [1.165, 1.54) is 0 Å². The number of esters is 1. The molecule has 1 heterocycles. The number of benzene rings is 2. The van der Waals surface area contributed by atoms with Gasteiger partial charge in [0.15, 0.2) is 0 Å². The van der Waals surface area contributed by atoms with Crippen molar-refractivity contribution in [3.63, 3.8) is 0 Å². The third-order valence-corrected chi connectivity index (χ3v) is 4.74. The second-order valence-corrected chi connectivity index (χ2v) is 6.51. The number of hydrogen-bond donors (Lipinski definition) is 1. The third kappa shape index (κ3) is 4.51. The lowest BCUT2D eigenvalue weighted by molar-refractivity contribution is -0.160. The molecule has 7 heteroatoms. The second-order valence-electron chi connectivity index (χ2n) is 6.51. The van der Waals surface area contributed by atoms with Gasteiger partial charge in [0.2, 0.25) is 6.10 Å². The molecule has 2 aromatic carbocycles. The van der Waals surface area contributed by atoms with Gasteiger partial charge in [-0.1, -0.05) is 48.5 Å². The van der Waals surface area contributed by atoms with E-state index in [-0.39, 0.29) is 17.9 Å². The van der Waals surface area contributed by atoms with E-state index in [0.717, 1.165) is 0 Å². The number of ether oxygens (including phenoxy) is 1. The van der Waals surface area contributed by atoms with Gasteiger partial charge in [0.1, 0.15) is 0 Å². The van der Waals surface area contributed by atoms with E-state index in [2.05, 4.69) is 10.2 Å². The molecule has 0 radical (unpaired) electrons. The van der Waals surface area contributed by atoms with Gasteiger partial charge in [-0.15, -0.1) is 0 Å². The fourth-order valence-electron chi connectivity index (χ4n) is 3.21. The Morgan fingerprint density at radius 3 is 2.28 bits per heavy atom. The Morgan fingerprint density at radius 1 is 1.00 bits per heavy atom. The van der Waals surface area contributed by atoms with Crippen molar-refractivity contribution in [1.82, 2.24) is 15.1 Å². The van der Waals surface area contributed by atoms with E-state index in [0.29, 0.717) is 35.1 Å². The number of likely N-dealkylation sites (N-methyl/N-ethyl adjacent to an activating group) is 1. The SMILES string of the molecule is CCN(CC)C(=O)[C@H](OC(=O)Cc1n[nH]c(=O)c2ccccc12)c1ccccc1. The van der Waals surface area contributed by atoms with Crippen molar-refractivity contribution in [3.8, 4) is 0 Å². The zero-order valence-corrected chi connectivity index (χ0v) is 16.4. The predicted molar refractivity (Wildman–Crippen MR) is 109 cm³/mol. The van der Waals surface area contributed by atoms with E-state index in [1.807, 2.05) is 19.9 Å². The van der Waals surface area contributed by atoms with Gasteiger partial charge in [0.25, 0.3) is 11.5 Å². The summed E-state index contributed by atoms with van der Waals surface area (Å²) in [6, 6.07) is 15.9. The zero-order chi connectivity index (χ0) is 20.8. The Morgan fingerprint density at radius 2 is 1.62 bits per heavy atom. The maximum Gasteiger partial charge on any atom is 0.313 e. The van der Waals surface area contributed by atoms with Crippen molar-refractivity contribution in [2.45, 2.75) is 26.4 Å². The van der Waals surface area contributed by atoms with Crippen molar-refractivity contribution in [3.05, 3.63) is 76.2 Å². The van der Waals surface area contributed by atoms with Gasteiger partial charge in [0, 0.05) is 24.0 Å². The van der Waals surface area contributed by atoms with Crippen LogP contribution < -0.4 is 5.56 Å². The molecule has 150 valence electrons. The highest BCUT2D eigenvalue weighted by atomic mass is 16.5. The average Bonchev–Trinajstić information content (AvgIpc) is 2.75. The number of fused-ring (bicyclic) bond motifs is 1. The molecule has 0 aliphatic carbocycles. The Labute approximate surface area is 168 Å². The van der Waals surface area contributed by atoms with Crippen molar-refractivity contribution in [2.75, 3.05) is 13.1 Å². The maximum absolute atomic E-state index is 12.9.